The second-order valence-electron chi connectivity index (χ2n) is 8.04. The van der Waals surface area contributed by atoms with Crippen molar-refractivity contribution in [2.75, 3.05) is 22.6 Å². The minimum Gasteiger partial charge on any atom is -0.380 e. The number of nitrogens with zero attached hydrogens (tertiary/aromatic N) is 2. The van der Waals surface area contributed by atoms with Crippen molar-refractivity contribution in [2.45, 2.75) is 38.4 Å². The highest BCUT2D eigenvalue weighted by atomic mass is 35.5. The van der Waals surface area contributed by atoms with Gasteiger partial charge in [-0.1, -0.05) is 32.9 Å². The molecule has 2 atom stereocenters. The van der Waals surface area contributed by atoms with Crippen LogP contribution in [0.25, 0.3) is 0 Å². The van der Waals surface area contributed by atoms with Gasteiger partial charge in [0.05, 0.1) is 11.6 Å². The van der Waals surface area contributed by atoms with E-state index >= 15 is 0 Å². The molecule has 164 valence electrons. The van der Waals surface area contributed by atoms with Gasteiger partial charge in [-0.05, 0) is 47.4 Å². The normalized spacial score (nSPS) is 13.1. The standard InChI is InChI=1S/C23H26ClN3O4/c1-23(2,3)16-6-8-17(9-7-16)26-21(30)19(28)20(29)22(31)27(13-12-24)18-10-4-15(14-25)5-11-18/h4-11,19-20,28-29H,12-13H2,1-3H3,(H,26,30)/t19-,20-/m1/s1. The maximum Gasteiger partial charge on any atom is 0.259 e. The average Bonchev–Trinajstić information content (AvgIpc) is 2.75. The largest absolute Gasteiger partial charge is 0.380 e. The lowest BCUT2D eigenvalue weighted by Crippen LogP contribution is -2.50. The summed E-state index contributed by atoms with van der Waals surface area (Å²) in [6, 6.07) is 15.2. The lowest BCUT2D eigenvalue weighted by molar-refractivity contribution is -0.141. The molecule has 7 nitrogen and oxygen atoms in total. The van der Waals surface area contributed by atoms with E-state index < -0.39 is 24.0 Å². The van der Waals surface area contributed by atoms with Crippen LogP contribution in [0.5, 0.6) is 0 Å². The first-order chi connectivity index (χ1) is 14.6. The van der Waals surface area contributed by atoms with Crippen LogP contribution in [-0.2, 0) is 15.0 Å². The topological polar surface area (TPSA) is 114 Å². The van der Waals surface area contributed by atoms with Crippen molar-refractivity contribution in [1.82, 2.24) is 0 Å². The fraction of sp³-hybridized carbons (Fsp3) is 0.348. The molecule has 0 aliphatic rings. The fourth-order valence-corrected chi connectivity index (χ4v) is 3.04. The maximum absolute atomic E-state index is 12.8. The molecule has 0 aromatic heterocycles. The van der Waals surface area contributed by atoms with Crippen molar-refractivity contribution < 1.29 is 19.8 Å². The van der Waals surface area contributed by atoms with Crippen LogP contribution in [0.15, 0.2) is 48.5 Å². The first-order valence-electron chi connectivity index (χ1n) is 9.73. The maximum atomic E-state index is 12.8. The molecule has 0 saturated carbocycles. The molecule has 2 amide bonds. The molecule has 0 fully saturated rings. The van der Waals surface area contributed by atoms with E-state index in [-0.39, 0.29) is 17.8 Å². The Hall–Kier alpha value is -2.92. The molecule has 0 spiro atoms. The summed E-state index contributed by atoms with van der Waals surface area (Å²) in [6.45, 7) is 6.23. The third kappa shape index (κ3) is 6.28. The third-order valence-corrected chi connectivity index (χ3v) is 4.89. The highest BCUT2D eigenvalue weighted by Gasteiger charge is 2.34. The van der Waals surface area contributed by atoms with Crippen molar-refractivity contribution in [1.29, 1.82) is 5.26 Å². The third-order valence-electron chi connectivity index (χ3n) is 4.72. The summed E-state index contributed by atoms with van der Waals surface area (Å²) in [7, 11) is 0. The highest BCUT2D eigenvalue weighted by Crippen LogP contribution is 2.24. The average molecular weight is 444 g/mol. The Labute approximate surface area is 186 Å². The first-order valence-corrected chi connectivity index (χ1v) is 10.3. The number of nitriles is 1. The minimum absolute atomic E-state index is 0.0476. The van der Waals surface area contributed by atoms with Gasteiger partial charge in [0.2, 0.25) is 0 Å². The summed E-state index contributed by atoms with van der Waals surface area (Å²) in [5, 5.41) is 32.0. The van der Waals surface area contributed by atoms with Crippen LogP contribution in [0.1, 0.15) is 31.9 Å². The predicted octanol–water partition coefficient (Wildman–Crippen LogP) is 2.79. The van der Waals surface area contributed by atoms with Crippen LogP contribution < -0.4 is 10.2 Å². The number of amides is 2. The number of benzene rings is 2. The second-order valence-corrected chi connectivity index (χ2v) is 8.42. The lowest BCUT2D eigenvalue weighted by Gasteiger charge is -2.26. The van der Waals surface area contributed by atoms with Crippen molar-refractivity contribution in [3.8, 4) is 6.07 Å². The molecular formula is C23H26ClN3O4. The first kappa shape index (κ1) is 24.4. The summed E-state index contributed by atoms with van der Waals surface area (Å²) in [4.78, 5) is 26.3. The molecule has 0 radical (unpaired) electrons. The molecule has 0 aliphatic carbocycles. The zero-order valence-corrected chi connectivity index (χ0v) is 18.4. The Morgan fingerprint density at radius 2 is 1.65 bits per heavy atom. The Morgan fingerprint density at radius 1 is 1.06 bits per heavy atom. The predicted molar refractivity (Wildman–Crippen MR) is 120 cm³/mol. The summed E-state index contributed by atoms with van der Waals surface area (Å²) < 4.78 is 0. The van der Waals surface area contributed by atoms with Crippen molar-refractivity contribution in [2.24, 2.45) is 0 Å². The summed E-state index contributed by atoms with van der Waals surface area (Å²) in [5.41, 5.74) is 2.23. The van der Waals surface area contributed by atoms with E-state index in [2.05, 4.69) is 26.1 Å². The zero-order valence-electron chi connectivity index (χ0n) is 17.7. The second kappa shape index (κ2) is 10.4. The van der Waals surface area contributed by atoms with Gasteiger partial charge in [0, 0.05) is 23.8 Å². The van der Waals surface area contributed by atoms with Crippen LogP contribution >= 0.6 is 11.6 Å². The van der Waals surface area contributed by atoms with Gasteiger partial charge in [-0.3, -0.25) is 9.59 Å². The highest BCUT2D eigenvalue weighted by molar-refractivity contribution is 6.18. The van der Waals surface area contributed by atoms with Crippen molar-refractivity contribution in [3.63, 3.8) is 0 Å². The number of hydrogen-bond acceptors (Lipinski definition) is 5. The zero-order chi connectivity index (χ0) is 23.2. The molecule has 2 rings (SSSR count). The molecule has 3 N–H and O–H groups in total. The Kier molecular flexibility index (Phi) is 8.17. The smallest absolute Gasteiger partial charge is 0.259 e. The number of halogens is 1. The lowest BCUT2D eigenvalue weighted by atomic mass is 9.87. The van der Waals surface area contributed by atoms with Gasteiger partial charge in [-0.2, -0.15) is 5.26 Å². The van der Waals surface area contributed by atoms with Crippen LogP contribution in [0, 0.1) is 11.3 Å². The number of aliphatic hydroxyl groups is 2. The number of hydrogen-bond donors (Lipinski definition) is 3. The molecule has 0 bridgehead atoms. The van der Waals surface area contributed by atoms with Gasteiger partial charge < -0.3 is 20.4 Å². The number of alkyl halides is 1. The molecule has 2 aromatic carbocycles. The molecule has 31 heavy (non-hydrogen) atoms. The van der Waals surface area contributed by atoms with E-state index in [1.807, 2.05) is 18.2 Å². The van der Waals surface area contributed by atoms with Gasteiger partial charge in [0.15, 0.2) is 12.2 Å². The number of carbonyl (C=O) groups excluding carboxylic acids is 2. The van der Waals surface area contributed by atoms with Crippen LogP contribution in [0.2, 0.25) is 0 Å². The van der Waals surface area contributed by atoms with Crippen LogP contribution in [0.4, 0.5) is 11.4 Å². The molecule has 8 heteroatoms. The van der Waals surface area contributed by atoms with E-state index in [4.69, 9.17) is 16.9 Å². The molecule has 0 unspecified atom stereocenters. The minimum atomic E-state index is -1.99. The van der Waals surface area contributed by atoms with E-state index in [0.717, 1.165) is 10.5 Å². The van der Waals surface area contributed by atoms with E-state index in [1.165, 1.54) is 24.3 Å². The van der Waals surface area contributed by atoms with Gasteiger partial charge in [0.1, 0.15) is 0 Å². The summed E-state index contributed by atoms with van der Waals surface area (Å²) in [6.07, 6.45) is -3.97. The number of carbonyl (C=O) groups is 2. The van der Waals surface area contributed by atoms with Gasteiger partial charge in [-0.15, -0.1) is 11.6 Å². The van der Waals surface area contributed by atoms with Gasteiger partial charge >= 0.3 is 0 Å². The van der Waals surface area contributed by atoms with Gasteiger partial charge in [0.25, 0.3) is 11.8 Å². The number of rotatable bonds is 7. The van der Waals surface area contributed by atoms with Crippen molar-refractivity contribution in [3.05, 3.63) is 59.7 Å². The fourth-order valence-electron chi connectivity index (χ4n) is 2.87. The van der Waals surface area contributed by atoms with Crippen LogP contribution in [-0.4, -0.2) is 46.7 Å². The summed E-state index contributed by atoms with van der Waals surface area (Å²) in [5.74, 6) is -1.72. The Bertz CT molecular complexity index is 947. The summed E-state index contributed by atoms with van der Waals surface area (Å²) >= 11 is 5.78. The van der Waals surface area contributed by atoms with E-state index in [9.17, 15) is 19.8 Å². The van der Waals surface area contributed by atoms with E-state index in [0.29, 0.717) is 16.9 Å². The SMILES string of the molecule is CC(C)(C)c1ccc(NC(=O)[C@H](O)[C@@H](O)C(=O)N(CCCl)c2ccc(C#N)cc2)cc1. The Balaban J connectivity index is 2.11. The Morgan fingerprint density at radius 3 is 2.13 bits per heavy atom. The van der Waals surface area contributed by atoms with E-state index in [1.54, 1.807) is 12.1 Å². The quantitative estimate of drug-likeness (QED) is 0.569. The monoisotopic (exact) mass is 443 g/mol. The number of anilines is 2. The molecule has 2 aromatic rings. The van der Waals surface area contributed by atoms with Crippen LogP contribution in [0.3, 0.4) is 0 Å². The van der Waals surface area contributed by atoms with Gasteiger partial charge in [-0.25, -0.2) is 0 Å². The van der Waals surface area contributed by atoms with Crippen molar-refractivity contribution >= 4 is 34.8 Å². The molecule has 0 heterocycles. The molecule has 0 saturated heterocycles. The number of nitrogens with one attached hydrogen (secondary N) is 1. The molecule has 0 aliphatic heterocycles. The molecular weight excluding hydrogens is 418 g/mol. The number of aliphatic hydroxyl groups excluding tert-OH is 2.